The summed E-state index contributed by atoms with van der Waals surface area (Å²) in [6.07, 6.45) is 4.71. The number of aliphatic hydroxyl groups excluding tert-OH is 2. The van der Waals surface area contributed by atoms with Crippen LogP contribution in [0.5, 0.6) is 5.75 Å². The molecule has 24 heavy (non-hydrogen) atoms. The van der Waals surface area contributed by atoms with Crippen LogP contribution in [0.25, 0.3) is 0 Å². The van der Waals surface area contributed by atoms with Crippen molar-refractivity contribution in [3.8, 4) is 5.75 Å². The quantitative estimate of drug-likeness (QED) is 0.706. The van der Waals surface area contributed by atoms with Crippen molar-refractivity contribution in [1.82, 2.24) is 15.3 Å². The molecule has 1 saturated carbocycles. The van der Waals surface area contributed by atoms with Gasteiger partial charge in [0.05, 0.1) is 30.7 Å². The Labute approximate surface area is 141 Å². The lowest BCUT2D eigenvalue weighted by atomic mass is 9.86. The number of hydrogen-bond acceptors (Lipinski definition) is 6. The topological polar surface area (TPSA) is 87.5 Å². The number of nitrogens with one attached hydrogen (secondary N) is 1. The SMILES string of the molecule is OC1CC(CNCc2ccccn2)(COc2cccnc2)CC1O. The van der Waals surface area contributed by atoms with Gasteiger partial charge in [0.25, 0.3) is 0 Å². The molecule has 0 spiro atoms. The van der Waals surface area contributed by atoms with Crippen LogP contribution in [-0.4, -0.2) is 45.5 Å². The minimum Gasteiger partial charge on any atom is -0.491 e. The summed E-state index contributed by atoms with van der Waals surface area (Å²) >= 11 is 0. The Morgan fingerprint density at radius 3 is 2.62 bits per heavy atom. The number of aliphatic hydroxyl groups is 2. The van der Waals surface area contributed by atoms with Crippen LogP contribution in [0.4, 0.5) is 0 Å². The van der Waals surface area contributed by atoms with Gasteiger partial charge >= 0.3 is 0 Å². The second kappa shape index (κ2) is 7.70. The Balaban J connectivity index is 1.60. The molecule has 2 unspecified atom stereocenters. The summed E-state index contributed by atoms with van der Waals surface area (Å²) in [5.41, 5.74) is 0.642. The van der Waals surface area contributed by atoms with E-state index < -0.39 is 12.2 Å². The van der Waals surface area contributed by atoms with Crippen LogP contribution in [0, 0.1) is 5.41 Å². The van der Waals surface area contributed by atoms with Crippen LogP contribution in [-0.2, 0) is 6.54 Å². The number of pyridine rings is 2. The predicted octanol–water partition coefficient (Wildman–Crippen LogP) is 1.15. The molecule has 6 heteroatoms. The first-order valence-corrected chi connectivity index (χ1v) is 8.16. The van der Waals surface area contributed by atoms with Crippen molar-refractivity contribution in [2.45, 2.75) is 31.6 Å². The van der Waals surface area contributed by atoms with Crippen LogP contribution < -0.4 is 10.1 Å². The average Bonchev–Trinajstić information content (AvgIpc) is 2.90. The van der Waals surface area contributed by atoms with E-state index in [9.17, 15) is 10.2 Å². The molecule has 1 aliphatic rings. The van der Waals surface area contributed by atoms with Crippen molar-refractivity contribution < 1.29 is 14.9 Å². The van der Waals surface area contributed by atoms with E-state index in [1.54, 1.807) is 18.6 Å². The highest BCUT2D eigenvalue weighted by atomic mass is 16.5. The summed E-state index contributed by atoms with van der Waals surface area (Å²) in [5.74, 6) is 0.692. The van der Waals surface area contributed by atoms with E-state index >= 15 is 0 Å². The molecule has 0 radical (unpaired) electrons. The van der Waals surface area contributed by atoms with Crippen molar-refractivity contribution in [3.05, 3.63) is 54.6 Å². The number of hydrogen-bond donors (Lipinski definition) is 3. The minimum absolute atomic E-state index is 0.316. The number of aromatic nitrogens is 2. The van der Waals surface area contributed by atoms with Gasteiger partial charge in [-0.05, 0) is 37.1 Å². The third kappa shape index (κ3) is 4.29. The van der Waals surface area contributed by atoms with Crippen molar-refractivity contribution in [3.63, 3.8) is 0 Å². The van der Waals surface area contributed by atoms with Gasteiger partial charge in [0, 0.05) is 30.9 Å². The third-order valence-electron chi connectivity index (χ3n) is 4.44. The van der Waals surface area contributed by atoms with E-state index in [4.69, 9.17) is 4.74 Å². The molecule has 3 rings (SSSR count). The molecular weight excluding hydrogens is 306 g/mol. The monoisotopic (exact) mass is 329 g/mol. The Morgan fingerprint density at radius 2 is 1.96 bits per heavy atom. The highest BCUT2D eigenvalue weighted by molar-refractivity contribution is 5.16. The van der Waals surface area contributed by atoms with Crippen molar-refractivity contribution in [2.75, 3.05) is 13.2 Å². The summed E-state index contributed by atoms with van der Waals surface area (Å²) in [7, 11) is 0. The van der Waals surface area contributed by atoms with Crippen LogP contribution in [0.3, 0.4) is 0 Å². The number of rotatable bonds is 7. The lowest BCUT2D eigenvalue weighted by Crippen LogP contribution is -2.38. The summed E-state index contributed by atoms with van der Waals surface area (Å²) in [6, 6.07) is 9.47. The van der Waals surface area contributed by atoms with Crippen molar-refractivity contribution in [1.29, 1.82) is 0 Å². The highest BCUT2D eigenvalue weighted by Crippen LogP contribution is 2.38. The number of ether oxygens (including phenoxy) is 1. The van der Waals surface area contributed by atoms with E-state index in [1.165, 1.54) is 0 Å². The molecule has 2 atom stereocenters. The lowest BCUT2D eigenvalue weighted by Gasteiger charge is -2.29. The Morgan fingerprint density at radius 1 is 1.12 bits per heavy atom. The van der Waals surface area contributed by atoms with Crippen LogP contribution >= 0.6 is 0 Å². The molecule has 0 aliphatic heterocycles. The van der Waals surface area contributed by atoms with Gasteiger partial charge in [0.2, 0.25) is 0 Å². The second-order valence-corrected chi connectivity index (χ2v) is 6.44. The maximum absolute atomic E-state index is 9.99. The Kier molecular flexibility index (Phi) is 5.40. The Hall–Kier alpha value is -2.02. The normalized spacial score (nSPS) is 26.4. The minimum atomic E-state index is -0.709. The van der Waals surface area contributed by atoms with Crippen LogP contribution in [0.15, 0.2) is 48.9 Å². The summed E-state index contributed by atoms with van der Waals surface area (Å²) in [6.45, 7) is 1.70. The van der Waals surface area contributed by atoms with Crippen molar-refractivity contribution in [2.24, 2.45) is 5.41 Å². The zero-order valence-corrected chi connectivity index (χ0v) is 13.5. The zero-order chi connectivity index (χ0) is 16.8. The Bertz CT molecular complexity index is 614. The van der Waals surface area contributed by atoms with E-state index in [-0.39, 0.29) is 5.41 Å². The van der Waals surface area contributed by atoms with E-state index in [1.807, 2.05) is 30.3 Å². The maximum Gasteiger partial charge on any atom is 0.137 e. The fourth-order valence-electron chi connectivity index (χ4n) is 3.18. The molecule has 0 aromatic carbocycles. The smallest absolute Gasteiger partial charge is 0.137 e. The van der Waals surface area contributed by atoms with E-state index in [0.717, 1.165) is 5.69 Å². The van der Waals surface area contributed by atoms with Crippen LogP contribution in [0.1, 0.15) is 18.5 Å². The van der Waals surface area contributed by atoms with E-state index in [0.29, 0.717) is 38.3 Å². The lowest BCUT2D eigenvalue weighted by molar-refractivity contribution is 0.0438. The van der Waals surface area contributed by atoms with Gasteiger partial charge < -0.3 is 20.3 Å². The second-order valence-electron chi connectivity index (χ2n) is 6.44. The van der Waals surface area contributed by atoms with Crippen LogP contribution in [0.2, 0.25) is 0 Å². The standard InChI is InChI=1S/C18H23N3O3/c22-16-8-18(9-17(16)23,13-24-15-5-3-6-19-11-15)12-20-10-14-4-1-2-7-21-14/h1-7,11,16-17,20,22-23H,8-10,12-13H2. The summed E-state index contributed by atoms with van der Waals surface area (Å²) < 4.78 is 5.85. The molecule has 0 amide bonds. The summed E-state index contributed by atoms with van der Waals surface area (Å²) in [4.78, 5) is 8.32. The first-order valence-electron chi connectivity index (χ1n) is 8.16. The zero-order valence-electron chi connectivity index (χ0n) is 13.5. The average molecular weight is 329 g/mol. The molecule has 6 nitrogen and oxygen atoms in total. The number of nitrogens with zero attached hydrogens (tertiary/aromatic N) is 2. The first-order chi connectivity index (χ1) is 11.7. The van der Waals surface area contributed by atoms with Crippen molar-refractivity contribution >= 4 is 0 Å². The highest BCUT2D eigenvalue weighted by Gasteiger charge is 2.44. The fourth-order valence-corrected chi connectivity index (χ4v) is 3.18. The van der Waals surface area contributed by atoms with Gasteiger partial charge in [0.15, 0.2) is 0 Å². The molecule has 2 aromatic heterocycles. The molecule has 0 bridgehead atoms. The summed E-state index contributed by atoms with van der Waals surface area (Å²) in [5, 5.41) is 23.4. The van der Waals surface area contributed by atoms with Gasteiger partial charge in [-0.25, -0.2) is 0 Å². The van der Waals surface area contributed by atoms with Gasteiger partial charge in [0.1, 0.15) is 5.75 Å². The van der Waals surface area contributed by atoms with E-state index in [2.05, 4.69) is 15.3 Å². The molecule has 1 fully saturated rings. The molecule has 3 N–H and O–H groups in total. The largest absolute Gasteiger partial charge is 0.491 e. The maximum atomic E-state index is 9.99. The molecule has 0 saturated heterocycles. The fraction of sp³-hybridized carbons (Fsp3) is 0.444. The molecule has 1 aliphatic carbocycles. The molecular formula is C18H23N3O3. The van der Waals surface area contributed by atoms with Gasteiger partial charge in [-0.1, -0.05) is 6.07 Å². The van der Waals surface area contributed by atoms with Gasteiger partial charge in [-0.2, -0.15) is 0 Å². The molecule has 128 valence electrons. The third-order valence-corrected chi connectivity index (χ3v) is 4.44. The van der Waals surface area contributed by atoms with Gasteiger partial charge in [-0.3, -0.25) is 9.97 Å². The molecule has 2 aromatic rings. The predicted molar refractivity (Wildman–Crippen MR) is 89.4 cm³/mol. The first kappa shape index (κ1) is 16.8. The molecule has 2 heterocycles. The van der Waals surface area contributed by atoms with Gasteiger partial charge in [-0.15, -0.1) is 0 Å².